The van der Waals surface area contributed by atoms with E-state index in [0.29, 0.717) is 25.4 Å². The standard InChI is InChI=1S/C25H34FN3O7/c1-25(2,3)36-24(33)28-9-7-16(8-10-28)15-35-20-6-5-17(26)13-19(20)27-21-18(23(32)34-4)14-29(11-12-30)22(21)31/h5-6,13,16,27,30H,7-12,14-15H2,1-4H3. The van der Waals surface area contributed by atoms with E-state index < -0.39 is 23.3 Å². The topological polar surface area (TPSA) is 118 Å². The first-order valence-electron chi connectivity index (χ1n) is 11.9. The van der Waals surface area contributed by atoms with Gasteiger partial charge in [0.1, 0.15) is 22.9 Å². The number of amides is 2. The molecule has 0 atom stereocenters. The molecule has 2 N–H and O–H groups in total. The zero-order chi connectivity index (χ0) is 26.5. The summed E-state index contributed by atoms with van der Waals surface area (Å²) in [4.78, 5) is 40.3. The molecule has 36 heavy (non-hydrogen) atoms. The van der Waals surface area contributed by atoms with Crippen molar-refractivity contribution >= 4 is 23.7 Å². The highest BCUT2D eigenvalue weighted by Gasteiger charge is 2.35. The van der Waals surface area contributed by atoms with E-state index in [2.05, 4.69) is 5.32 Å². The van der Waals surface area contributed by atoms with E-state index in [1.54, 1.807) is 4.90 Å². The molecule has 0 unspecified atom stereocenters. The summed E-state index contributed by atoms with van der Waals surface area (Å²) >= 11 is 0. The van der Waals surface area contributed by atoms with Crippen molar-refractivity contribution in [1.82, 2.24) is 9.80 Å². The van der Waals surface area contributed by atoms with Gasteiger partial charge in [0, 0.05) is 25.7 Å². The van der Waals surface area contributed by atoms with Gasteiger partial charge in [-0.25, -0.2) is 14.0 Å². The molecule has 11 heteroatoms. The van der Waals surface area contributed by atoms with Crippen LogP contribution in [0.1, 0.15) is 33.6 Å². The fourth-order valence-electron chi connectivity index (χ4n) is 4.03. The van der Waals surface area contributed by atoms with Gasteiger partial charge in [0.15, 0.2) is 0 Å². The number of carbonyl (C=O) groups is 3. The molecule has 10 nitrogen and oxygen atoms in total. The van der Waals surface area contributed by atoms with Crippen molar-refractivity contribution in [2.45, 2.75) is 39.2 Å². The molecule has 0 aliphatic carbocycles. The van der Waals surface area contributed by atoms with Gasteiger partial charge in [-0.15, -0.1) is 0 Å². The van der Waals surface area contributed by atoms with Gasteiger partial charge < -0.3 is 34.4 Å². The Morgan fingerprint density at radius 3 is 2.53 bits per heavy atom. The molecule has 1 saturated heterocycles. The number of benzene rings is 1. The van der Waals surface area contributed by atoms with Crippen molar-refractivity contribution in [3.05, 3.63) is 35.3 Å². The highest BCUT2D eigenvalue weighted by atomic mass is 19.1. The normalized spacial score (nSPS) is 16.9. The summed E-state index contributed by atoms with van der Waals surface area (Å²) in [5.41, 5.74) is -0.323. The second kappa shape index (κ2) is 11.6. The van der Waals surface area contributed by atoms with Gasteiger partial charge in [-0.1, -0.05) is 0 Å². The number of methoxy groups -OCH3 is 1. The molecule has 2 aliphatic rings. The molecule has 2 amide bonds. The number of halogens is 1. The van der Waals surface area contributed by atoms with Gasteiger partial charge in [0.2, 0.25) is 0 Å². The second-order valence-corrected chi connectivity index (χ2v) is 9.78. The lowest BCUT2D eigenvalue weighted by molar-refractivity contribution is -0.136. The van der Waals surface area contributed by atoms with Crippen LogP contribution < -0.4 is 10.1 Å². The summed E-state index contributed by atoms with van der Waals surface area (Å²) in [5.74, 6) is -1.26. The van der Waals surface area contributed by atoms with E-state index in [0.717, 1.165) is 12.8 Å². The predicted molar refractivity (Wildman–Crippen MR) is 129 cm³/mol. The molecule has 0 radical (unpaired) electrons. The molecule has 1 aromatic rings. The maximum absolute atomic E-state index is 14.1. The van der Waals surface area contributed by atoms with E-state index in [1.165, 1.54) is 30.2 Å². The zero-order valence-electron chi connectivity index (χ0n) is 21.1. The minimum absolute atomic E-state index is 0.0316. The summed E-state index contributed by atoms with van der Waals surface area (Å²) in [5, 5.41) is 12.1. The third kappa shape index (κ3) is 6.87. The van der Waals surface area contributed by atoms with Crippen LogP contribution in [0.15, 0.2) is 29.5 Å². The first-order valence-corrected chi connectivity index (χ1v) is 11.9. The Hall–Kier alpha value is -3.34. The minimum Gasteiger partial charge on any atom is -0.491 e. The number of β-amino-alcohol motifs (C(OH)–C–C–N with tert-alkyl or cyclic N) is 1. The minimum atomic E-state index is -0.693. The van der Waals surface area contributed by atoms with Crippen LogP contribution in [0.2, 0.25) is 0 Å². The number of rotatable bonds is 8. The number of aliphatic hydroxyl groups is 1. The van der Waals surface area contributed by atoms with Crippen LogP contribution in [0, 0.1) is 11.7 Å². The van der Waals surface area contributed by atoms with Crippen LogP contribution in [0.5, 0.6) is 5.75 Å². The molecule has 1 fully saturated rings. The molecular formula is C25H34FN3O7. The molecule has 0 spiro atoms. The summed E-state index contributed by atoms with van der Waals surface area (Å²) < 4.78 is 30.3. The van der Waals surface area contributed by atoms with Crippen molar-refractivity contribution in [1.29, 1.82) is 0 Å². The summed E-state index contributed by atoms with van der Waals surface area (Å²) in [6.07, 6.45) is 1.10. The number of carbonyl (C=O) groups excluding carboxylic acids is 3. The Kier molecular flexibility index (Phi) is 8.78. The van der Waals surface area contributed by atoms with E-state index in [4.69, 9.17) is 14.2 Å². The summed E-state index contributed by atoms with van der Waals surface area (Å²) in [6.45, 7) is 6.64. The largest absolute Gasteiger partial charge is 0.491 e. The first-order chi connectivity index (χ1) is 17.0. The number of ether oxygens (including phenoxy) is 3. The SMILES string of the molecule is COC(=O)C1=C(Nc2cc(F)ccc2OCC2CCN(C(=O)OC(C)(C)C)CC2)C(=O)N(CCO)C1. The monoisotopic (exact) mass is 507 g/mol. The van der Waals surface area contributed by atoms with Gasteiger partial charge in [-0.2, -0.15) is 0 Å². The number of nitrogens with one attached hydrogen (secondary N) is 1. The second-order valence-electron chi connectivity index (χ2n) is 9.78. The lowest BCUT2D eigenvalue weighted by atomic mass is 9.98. The van der Waals surface area contributed by atoms with E-state index in [-0.39, 0.29) is 48.7 Å². The molecule has 3 rings (SSSR count). The first kappa shape index (κ1) is 27.3. The number of esters is 1. The molecular weight excluding hydrogens is 473 g/mol. The summed E-state index contributed by atoms with van der Waals surface area (Å²) in [7, 11) is 1.21. The van der Waals surface area contributed by atoms with Crippen molar-refractivity contribution < 1.29 is 38.1 Å². The molecule has 0 bridgehead atoms. The third-order valence-corrected chi connectivity index (χ3v) is 5.90. The molecule has 0 saturated carbocycles. The molecule has 198 valence electrons. The van der Waals surface area contributed by atoms with E-state index >= 15 is 0 Å². The smallest absolute Gasteiger partial charge is 0.410 e. The van der Waals surface area contributed by atoms with Crippen LogP contribution in [-0.4, -0.2) is 85.0 Å². The molecule has 1 aromatic carbocycles. The summed E-state index contributed by atoms with van der Waals surface area (Å²) in [6, 6.07) is 3.89. The Morgan fingerprint density at radius 1 is 1.22 bits per heavy atom. The highest BCUT2D eigenvalue weighted by Crippen LogP contribution is 2.31. The number of aliphatic hydroxyl groups excluding tert-OH is 1. The van der Waals surface area contributed by atoms with Gasteiger partial charge in [0.05, 0.1) is 38.1 Å². The maximum atomic E-state index is 14.1. The molecule has 2 heterocycles. The Morgan fingerprint density at radius 2 is 1.92 bits per heavy atom. The lowest BCUT2D eigenvalue weighted by Crippen LogP contribution is -2.42. The number of nitrogens with zero attached hydrogens (tertiary/aromatic N) is 2. The van der Waals surface area contributed by atoms with Crippen molar-refractivity contribution in [3.63, 3.8) is 0 Å². The fourth-order valence-corrected chi connectivity index (χ4v) is 4.03. The number of likely N-dealkylation sites (tertiary alicyclic amines) is 1. The third-order valence-electron chi connectivity index (χ3n) is 5.90. The Balaban J connectivity index is 1.67. The fraction of sp³-hybridized carbons (Fsp3) is 0.560. The van der Waals surface area contributed by atoms with Crippen LogP contribution in [0.25, 0.3) is 0 Å². The van der Waals surface area contributed by atoms with Crippen LogP contribution in [0.3, 0.4) is 0 Å². The van der Waals surface area contributed by atoms with Gasteiger partial charge >= 0.3 is 12.1 Å². The van der Waals surface area contributed by atoms with Crippen molar-refractivity contribution in [2.24, 2.45) is 5.92 Å². The predicted octanol–water partition coefficient (Wildman–Crippen LogP) is 2.53. The number of hydrogen-bond acceptors (Lipinski definition) is 8. The van der Waals surface area contributed by atoms with Crippen LogP contribution in [-0.2, 0) is 19.1 Å². The highest BCUT2D eigenvalue weighted by molar-refractivity contribution is 6.08. The maximum Gasteiger partial charge on any atom is 0.410 e. The van der Waals surface area contributed by atoms with Crippen molar-refractivity contribution in [2.75, 3.05) is 51.8 Å². The quantitative estimate of drug-likeness (QED) is 0.516. The molecule has 2 aliphatic heterocycles. The zero-order valence-corrected chi connectivity index (χ0v) is 21.1. The number of anilines is 1. The number of piperidine rings is 1. The number of hydrogen-bond donors (Lipinski definition) is 2. The van der Waals surface area contributed by atoms with Gasteiger partial charge in [-0.3, -0.25) is 4.79 Å². The van der Waals surface area contributed by atoms with Crippen LogP contribution >= 0.6 is 0 Å². The average Bonchev–Trinajstić information content (AvgIpc) is 3.12. The molecule has 0 aromatic heterocycles. The van der Waals surface area contributed by atoms with E-state index in [1.807, 2.05) is 20.8 Å². The van der Waals surface area contributed by atoms with Gasteiger partial charge in [0.25, 0.3) is 5.91 Å². The van der Waals surface area contributed by atoms with Crippen LogP contribution in [0.4, 0.5) is 14.9 Å². The van der Waals surface area contributed by atoms with E-state index in [9.17, 15) is 23.9 Å². The Bertz CT molecular complexity index is 1010. The lowest BCUT2D eigenvalue weighted by Gasteiger charge is -2.33. The van der Waals surface area contributed by atoms with Crippen molar-refractivity contribution in [3.8, 4) is 5.75 Å². The van der Waals surface area contributed by atoms with Gasteiger partial charge in [-0.05, 0) is 51.7 Å². The Labute approximate surface area is 210 Å². The average molecular weight is 508 g/mol.